The van der Waals surface area contributed by atoms with Crippen LogP contribution in [-0.4, -0.2) is 44.7 Å². The topological polar surface area (TPSA) is 70.7 Å². The third-order valence-corrected chi connectivity index (χ3v) is 4.66. The van der Waals surface area contributed by atoms with Crippen molar-refractivity contribution in [2.24, 2.45) is 0 Å². The van der Waals surface area contributed by atoms with E-state index < -0.39 is 0 Å². The van der Waals surface area contributed by atoms with Crippen LogP contribution in [0.3, 0.4) is 0 Å². The number of nitrogens with zero attached hydrogens (tertiary/aromatic N) is 1. The fourth-order valence-corrected chi connectivity index (χ4v) is 3.08. The lowest BCUT2D eigenvalue weighted by Crippen LogP contribution is -2.36. The molecule has 0 unspecified atom stereocenters. The third kappa shape index (κ3) is 4.86. The first kappa shape index (κ1) is 18.9. The molecule has 2 amide bonds. The van der Waals surface area contributed by atoms with Gasteiger partial charge in [0.1, 0.15) is 0 Å². The van der Waals surface area contributed by atoms with Crippen LogP contribution in [0.4, 0.5) is 11.4 Å². The van der Waals surface area contributed by atoms with Crippen LogP contribution in [0.15, 0.2) is 42.5 Å². The van der Waals surface area contributed by atoms with E-state index in [2.05, 4.69) is 21.6 Å². The number of hydrogen-bond acceptors (Lipinski definition) is 4. The summed E-state index contributed by atoms with van der Waals surface area (Å²) in [6.45, 7) is 6.97. The number of hydrogen-bond donors (Lipinski definition) is 2. The molecule has 1 saturated heterocycles. The van der Waals surface area contributed by atoms with E-state index in [9.17, 15) is 9.59 Å². The van der Waals surface area contributed by atoms with Crippen LogP contribution in [0.2, 0.25) is 0 Å². The van der Waals surface area contributed by atoms with Gasteiger partial charge in [-0.25, -0.2) is 0 Å². The number of anilines is 2. The first-order valence-corrected chi connectivity index (χ1v) is 9.11. The predicted octanol–water partition coefficient (Wildman–Crippen LogP) is 2.51. The predicted molar refractivity (Wildman–Crippen MR) is 106 cm³/mol. The van der Waals surface area contributed by atoms with Crippen LogP contribution >= 0.6 is 0 Å². The van der Waals surface area contributed by atoms with E-state index in [4.69, 9.17) is 4.74 Å². The van der Waals surface area contributed by atoms with E-state index in [1.165, 1.54) is 0 Å². The molecule has 2 N–H and O–H groups in total. The van der Waals surface area contributed by atoms with Gasteiger partial charge in [0.2, 0.25) is 5.91 Å². The van der Waals surface area contributed by atoms with E-state index in [1.54, 1.807) is 12.1 Å². The van der Waals surface area contributed by atoms with Crippen LogP contribution in [0, 0.1) is 13.8 Å². The first-order valence-electron chi connectivity index (χ1n) is 9.11. The van der Waals surface area contributed by atoms with Gasteiger partial charge in [0.25, 0.3) is 5.91 Å². The molecule has 0 spiro atoms. The Kier molecular flexibility index (Phi) is 6.08. The average molecular weight is 367 g/mol. The number of aryl methyl sites for hydroxylation is 2. The summed E-state index contributed by atoms with van der Waals surface area (Å²) < 4.78 is 5.38. The van der Waals surface area contributed by atoms with Crippen molar-refractivity contribution < 1.29 is 14.3 Å². The SMILES string of the molecule is Cc1cc(N2CCOCC2)ccc1NC(=O)CNC(=O)c1ccccc1C. The monoisotopic (exact) mass is 367 g/mol. The molecular formula is C21H25N3O3. The largest absolute Gasteiger partial charge is 0.378 e. The first-order chi connectivity index (χ1) is 13.0. The molecule has 6 heteroatoms. The normalized spacial score (nSPS) is 13.9. The lowest BCUT2D eigenvalue weighted by molar-refractivity contribution is -0.115. The van der Waals surface area contributed by atoms with Gasteiger partial charge in [0.05, 0.1) is 19.8 Å². The van der Waals surface area contributed by atoms with Gasteiger partial charge in [0, 0.05) is 30.0 Å². The maximum Gasteiger partial charge on any atom is 0.251 e. The molecule has 1 heterocycles. The Morgan fingerprint density at radius 1 is 1.04 bits per heavy atom. The number of rotatable bonds is 5. The summed E-state index contributed by atoms with van der Waals surface area (Å²) in [6.07, 6.45) is 0. The quantitative estimate of drug-likeness (QED) is 0.852. The van der Waals surface area contributed by atoms with Crippen molar-refractivity contribution in [3.63, 3.8) is 0 Å². The maximum absolute atomic E-state index is 12.2. The lowest BCUT2D eigenvalue weighted by atomic mass is 10.1. The number of carbonyl (C=O) groups excluding carboxylic acids is 2. The van der Waals surface area contributed by atoms with Crippen molar-refractivity contribution in [2.75, 3.05) is 43.1 Å². The van der Waals surface area contributed by atoms with Crippen molar-refractivity contribution >= 4 is 23.2 Å². The number of morpholine rings is 1. The van der Waals surface area contributed by atoms with Gasteiger partial charge in [0.15, 0.2) is 0 Å². The summed E-state index contributed by atoms with van der Waals surface area (Å²) in [5.74, 6) is -0.498. The highest BCUT2D eigenvalue weighted by Crippen LogP contribution is 2.23. The van der Waals surface area contributed by atoms with E-state index in [-0.39, 0.29) is 18.4 Å². The van der Waals surface area contributed by atoms with Crippen LogP contribution in [0.5, 0.6) is 0 Å². The summed E-state index contributed by atoms with van der Waals surface area (Å²) >= 11 is 0. The molecule has 142 valence electrons. The zero-order valence-electron chi connectivity index (χ0n) is 15.7. The molecule has 2 aromatic rings. The number of nitrogens with one attached hydrogen (secondary N) is 2. The Hall–Kier alpha value is -2.86. The van der Waals surface area contributed by atoms with E-state index >= 15 is 0 Å². The third-order valence-electron chi connectivity index (χ3n) is 4.66. The molecule has 1 aliphatic rings. The molecular weight excluding hydrogens is 342 g/mol. The van der Waals surface area contributed by atoms with E-state index in [1.807, 2.05) is 38.1 Å². The maximum atomic E-state index is 12.2. The Morgan fingerprint density at radius 2 is 1.78 bits per heavy atom. The molecule has 1 fully saturated rings. The highest BCUT2D eigenvalue weighted by atomic mass is 16.5. The van der Waals surface area contributed by atoms with Crippen molar-refractivity contribution in [3.05, 3.63) is 59.2 Å². The molecule has 0 radical (unpaired) electrons. The van der Waals surface area contributed by atoms with E-state index in [0.717, 1.165) is 48.8 Å². The molecule has 2 aromatic carbocycles. The van der Waals surface area contributed by atoms with E-state index in [0.29, 0.717) is 5.56 Å². The van der Waals surface area contributed by atoms with Gasteiger partial charge < -0.3 is 20.3 Å². The van der Waals surface area contributed by atoms with Crippen molar-refractivity contribution in [1.29, 1.82) is 0 Å². The number of amides is 2. The molecule has 1 aliphatic heterocycles. The van der Waals surface area contributed by atoms with Crippen LogP contribution in [-0.2, 0) is 9.53 Å². The van der Waals surface area contributed by atoms with Gasteiger partial charge in [-0.05, 0) is 49.2 Å². The fourth-order valence-electron chi connectivity index (χ4n) is 3.08. The summed E-state index contributed by atoms with van der Waals surface area (Å²) in [4.78, 5) is 26.7. The van der Waals surface area contributed by atoms with Crippen LogP contribution in [0.25, 0.3) is 0 Å². The molecule has 27 heavy (non-hydrogen) atoms. The molecule has 0 atom stereocenters. The Labute approximate surface area is 159 Å². The zero-order chi connectivity index (χ0) is 19.2. The van der Waals surface area contributed by atoms with Gasteiger partial charge >= 0.3 is 0 Å². The van der Waals surface area contributed by atoms with Crippen molar-refractivity contribution in [1.82, 2.24) is 5.32 Å². The second kappa shape index (κ2) is 8.68. The Morgan fingerprint density at radius 3 is 2.48 bits per heavy atom. The minimum Gasteiger partial charge on any atom is -0.378 e. The Bertz CT molecular complexity index is 829. The van der Waals surface area contributed by atoms with Crippen LogP contribution < -0.4 is 15.5 Å². The minimum absolute atomic E-state index is 0.0716. The second-order valence-electron chi connectivity index (χ2n) is 6.64. The van der Waals surface area contributed by atoms with Crippen molar-refractivity contribution in [3.8, 4) is 0 Å². The summed E-state index contributed by atoms with van der Waals surface area (Å²) in [6, 6.07) is 13.3. The standard InChI is InChI=1S/C21H25N3O3/c1-15-5-3-4-6-18(15)21(26)22-14-20(25)23-19-8-7-17(13-16(19)2)24-9-11-27-12-10-24/h3-8,13H,9-12,14H2,1-2H3,(H,22,26)(H,23,25). The lowest BCUT2D eigenvalue weighted by Gasteiger charge is -2.29. The fraction of sp³-hybridized carbons (Fsp3) is 0.333. The second-order valence-corrected chi connectivity index (χ2v) is 6.64. The van der Waals surface area contributed by atoms with Gasteiger partial charge in [-0.3, -0.25) is 9.59 Å². The molecule has 0 aromatic heterocycles. The summed E-state index contributed by atoms with van der Waals surface area (Å²) in [7, 11) is 0. The number of benzene rings is 2. The van der Waals surface area contributed by atoms with Crippen LogP contribution in [0.1, 0.15) is 21.5 Å². The molecule has 0 bridgehead atoms. The van der Waals surface area contributed by atoms with Gasteiger partial charge in [-0.2, -0.15) is 0 Å². The highest BCUT2D eigenvalue weighted by molar-refractivity contribution is 6.00. The molecule has 0 saturated carbocycles. The van der Waals surface area contributed by atoms with Crippen molar-refractivity contribution in [2.45, 2.75) is 13.8 Å². The smallest absolute Gasteiger partial charge is 0.251 e. The zero-order valence-corrected chi connectivity index (χ0v) is 15.7. The average Bonchev–Trinajstić information content (AvgIpc) is 2.69. The van der Waals surface area contributed by atoms with Gasteiger partial charge in [-0.1, -0.05) is 18.2 Å². The molecule has 3 rings (SSSR count). The summed E-state index contributed by atoms with van der Waals surface area (Å²) in [5.41, 5.74) is 4.32. The summed E-state index contributed by atoms with van der Waals surface area (Å²) in [5, 5.41) is 5.53. The Balaban J connectivity index is 1.56. The highest BCUT2D eigenvalue weighted by Gasteiger charge is 2.14. The molecule has 0 aliphatic carbocycles. The number of carbonyl (C=O) groups is 2. The number of ether oxygens (including phenoxy) is 1. The van der Waals surface area contributed by atoms with Gasteiger partial charge in [-0.15, -0.1) is 0 Å². The minimum atomic E-state index is -0.251. The molecule has 6 nitrogen and oxygen atoms in total.